The number of benzene rings is 2. The molecule has 0 aromatic heterocycles. The van der Waals surface area contributed by atoms with Gasteiger partial charge < -0.3 is 9.84 Å². The summed E-state index contributed by atoms with van der Waals surface area (Å²) >= 11 is 12.5. The molecule has 2 aromatic carbocycles. The number of rotatable bonds is 9. The van der Waals surface area contributed by atoms with Crippen LogP contribution < -0.4 is 4.74 Å². The third-order valence-corrected chi connectivity index (χ3v) is 10.3. The molecule has 4 atom stereocenters. The summed E-state index contributed by atoms with van der Waals surface area (Å²) in [6.07, 6.45) is 8.14. The minimum absolute atomic E-state index is 0.233. The lowest BCUT2D eigenvalue weighted by molar-refractivity contribution is -0.143. The molecule has 2 aliphatic heterocycles. The van der Waals surface area contributed by atoms with Gasteiger partial charge in [0.05, 0.1) is 6.61 Å². The fourth-order valence-electron chi connectivity index (χ4n) is 7.37. The monoisotopic (exact) mass is 588 g/mol. The Morgan fingerprint density at radius 3 is 2.45 bits per heavy atom. The number of aliphatic carboxylic acids is 1. The van der Waals surface area contributed by atoms with Gasteiger partial charge >= 0.3 is 5.97 Å². The van der Waals surface area contributed by atoms with Crippen LogP contribution in [0, 0.1) is 17.7 Å². The number of hydrogen-bond donors (Lipinski definition) is 1. The van der Waals surface area contributed by atoms with Crippen LogP contribution in [0.5, 0.6) is 5.75 Å². The van der Waals surface area contributed by atoms with E-state index in [0.29, 0.717) is 58.7 Å². The van der Waals surface area contributed by atoms with Crippen LogP contribution in [0.2, 0.25) is 10.0 Å². The Morgan fingerprint density at radius 2 is 1.77 bits per heavy atom. The van der Waals surface area contributed by atoms with Gasteiger partial charge in [0.2, 0.25) is 0 Å². The molecule has 2 heterocycles. The highest BCUT2D eigenvalue weighted by molar-refractivity contribution is 6.34. The average molecular weight is 590 g/mol. The number of halogens is 3. The molecule has 40 heavy (non-hydrogen) atoms. The number of nitrogens with zero attached hydrogens (tertiary/aromatic N) is 2. The second-order valence-corrected chi connectivity index (χ2v) is 13.3. The minimum Gasteiger partial charge on any atom is -0.493 e. The second kappa shape index (κ2) is 11.8. The second-order valence-electron chi connectivity index (χ2n) is 12.4. The normalized spacial score (nSPS) is 26.6. The molecule has 5 nitrogen and oxygen atoms in total. The fourth-order valence-corrected chi connectivity index (χ4v) is 7.91. The molecule has 2 aliphatic carbocycles. The predicted octanol–water partition coefficient (Wildman–Crippen LogP) is 7.69. The number of ether oxygens (including phenoxy) is 1. The van der Waals surface area contributed by atoms with Gasteiger partial charge in [-0.15, -0.1) is 0 Å². The van der Waals surface area contributed by atoms with Crippen LogP contribution in [0.3, 0.4) is 0 Å². The van der Waals surface area contributed by atoms with Gasteiger partial charge in [0.15, 0.2) is 0 Å². The molecule has 0 spiro atoms. The van der Waals surface area contributed by atoms with Gasteiger partial charge in [-0.2, -0.15) is 0 Å². The zero-order chi connectivity index (χ0) is 28.0. The molecule has 4 aliphatic rings. The summed E-state index contributed by atoms with van der Waals surface area (Å²) in [6.45, 7) is 5.06. The van der Waals surface area contributed by atoms with Crippen LogP contribution in [0.4, 0.5) is 4.39 Å². The van der Waals surface area contributed by atoms with E-state index in [2.05, 4.69) is 16.7 Å². The maximum atomic E-state index is 15.5. The Hall–Kier alpha value is -1.86. The lowest BCUT2D eigenvalue weighted by Crippen LogP contribution is -2.40. The SMILES string of the molecule is CC(c1cc(Cl)cc(Cl)c1)N1CCC(COc2cc(F)c(CN3[C@@H](C(=O)O)C[C@H]4CCC[C@H]43)cc2C2CC2)CC1. The first-order valence-electron chi connectivity index (χ1n) is 14.9. The van der Waals surface area contributed by atoms with Gasteiger partial charge in [0.1, 0.15) is 17.6 Å². The molecule has 8 heteroatoms. The molecular weight excluding hydrogens is 550 g/mol. The van der Waals surface area contributed by atoms with Crippen molar-refractivity contribution in [2.24, 2.45) is 11.8 Å². The number of carbonyl (C=O) groups is 1. The smallest absolute Gasteiger partial charge is 0.320 e. The molecule has 4 fully saturated rings. The van der Waals surface area contributed by atoms with E-state index in [0.717, 1.165) is 69.2 Å². The van der Waals surface area contributed by atoms with Gasteiger partial charge in [0, 0.05) is 40.3 Å². The summed E-state index contributed by atoms with van der Waals surface area (Å²) in [7, 11) is 0. The van der Waals surface area contributed by atoms with Crippen molar-refractivity contribution in [1.82, 2.24) is 9.80 Å². The van der Waals surface area contributed by atoms with Crippen molar-refractivity contribution >= 4 is 29.2 Å². The van der Waals surface area contributed by atoms with Gasteiger partial charge in [0.25, 0.3) is 0 Å². The van der Waals surface area contributed by atoms with Crippen LogP contribution in [-0.4, -0.2) is 52.7 Å². The van der Waals surface area contributed by atoms with E-state index in [9.17, 15) is 9.90 Å². The number of carboxylic acids is 1. The Balaban J connectivity index is 1.09. The van der Waals surface area contributed by atoms with Crippen molar-refractivity contribution in [2.75, 3.05) is 19.7 Å². The average Bonchev–Trinajstić information content (AvgIpc) is 3.56. The van der Waals surface area contributed by atoms with E-state index in [1.807, 2.05) is 18.2 Å². The highest BCUT2D eigenvalue weighted by Crippen LogP contribution is 2.47. The minimum atomic E-state index is -0.783. The summed E-state index contributed by atoms with van der Waals surface area (Å²) in [5.74, 6) is 0.856. The first kappa shape index (κ1) is 28.3. The molecule has 2 saturated heterocycles. The Kier molecular flexibility index (Phi) is 8.33. The number of carboxylic acid groups (broad SMARTS) is 1. The molecule has 2 saturated carbocycles. The third kappa shape index (κ3) is 6.01. The van der Waals surface area contributed by atoms with Gasteiger partial charge in [-0.1, -0.05) is 29.6 Å². The standard InChI is InChI=1S/C32H39Cl2FN2O3/c1-19(23-11-25(33)15-26(34)12-23)36-9-7-20(8-10-36)18-40-31-16-28(35)24(13-27(31)21-5-6-21)17-37-29-4-2-3-22(29)14-30(37)32(38)39/h11-13,15-16,19-22,29-30H,2-10,14,17-18H2,1H3,(H,38,39)/t19?,22-,29-,30-/m1/s1. The highest BCUT2D eigenvalue weighted by atomic mass is 35.5. The topological polar surface area (TPSA) is 53.0 Å². The van der Waals surface area contributed by atoms with Gasteiger partial charge in [-0.05, 0) is 118 Å². The molecule has 0 amide bonds. The summed E-state index contributed by atoms with van der Waals surface area (Å²) in [5.41, 5.74) is 2.83. The lowest BCUT2D eigenvalue weighted by Gasteiger charge is -2.36. The zero-order valence-corrected chi connectivity index (χ0v) is 24.6. The summed E-state index contributed by atoms with van der Waals surface area (Å²) in [4.78, 5) is 16.5. The molecule has 216 valence electrons. The van der Waals surface area contributed by atoms with Crippen LogP contribution in [0.15, 0.2) is 30.3 Å². The van der Waals surface area contributed by atoms with Gasteiger partial charge in [-0.3, -0.25) is 14.6 Å². The van der Waals surface area contributed by atoms with Gasteiger partial charge in [-0.25, -0.2) is 4.39 Å². The maximum absolute atomic E-state index is 15.5. The van der Waals surface area contributed by atoms with Crippen LogP contribution in [0.25, 0.3) is 0 Å². The number of hydrogen-bond acceptors (Lipinski definition) is 4. The lowest BCUT2D eigenvalue weighted by atomic mass is 9.95. The zero-order valence-electron chi connectivity index (χ0n) is 23.1. The first-order valence-corrected chi connectivity index (χ1v) is 15.7. The molecule has 1 unspecified atom stereocenters. The summed E-state index contributed by atoms with van der Waals surface area (Å²) < 4.78 is 21.8. The van der Waals surface area contributed by atoms with Crippen molar-refractivity contribution in [3.05, 3.63) is 62.9 Å². The van der Waals surface area contributed by atoms with E-state index in [4.69, 9.17) is 27.9 Å². The Bertz CT molecular complexity index is 1230. The molecule has 0 radical (unpaired) electrons. The highest BCUT2D eigenvalue weighted by Gasteiger charge is 2.46. The number of fused-ring (bicyclic) bond motifs is 1. The Labute approximate surface area is 246 Å². The molecular formula is C32H39Cl2FN2O3. The van der Waals surface area contributed by atoms with Crippen molar-refractivity contribution in [2.45, 2.75) is 88.9 Å². The van der Waals surface area contributed by atoms with E-state index in [1.165, 1.54) is 0 Å². The Morgan fingerprint density at radius 1 is 1.05 bits per heavy atom. The summed E-state index contributed by atoms with van der Waals surface area (Å²) in [6, 6.07) is 9.26. The quantitative estimate of drug-likeness (QED) is 0.325. The number of likely N-dealkylation sites (tertiary alicyclic amines) is 2. The number of piperidine rings is 1. The molecule has 1 N–H and O–H groups in total. The van der Waals surface area contributed by atoms with Crippen LogP contribution >= 0.6 is 23.2 Å². The maximum Gasteiger partial charge on any atom is 0.320 e. The fraction of sp³-hybridized carbons (Fsp3) is 0.594. The molecule has 0 bridgehead atoms. The summed E-state index contributed by atoms with van der Waals surface area (Å²) in [5, 5.41) is 11.2. The van der Waals surface area contributed by atoms with E-state index in [-0.39, 0.29) is 17.9 Å². The van der Waals surface area contributed by atoms with Crippen molar-refractivity contribution in [3.8, 4) is 5.75 Å². The van der Waals surface area contributed by atoms with Crippen molar-refractivity contribution < 1.29 is 19.0 Å². The van der Waals surface area contributed by atoms with Crippen LogP contribution in [0.1, 0.15) is 86.9 Å². The largest absolute Gasteiger partial charge is 0.493 e. The predicted molar refractivity (Wildman–Crippen MR) is 156 cm³/mol. The van der Waals surface area contributed by atoms with E-state index < -0.39 is 12.0 Å². The van der Waals surface area contributed by atoms with E-state index >= 15 is 4.39 Å². The van der Waals surface area contributed by atoms with Crippen LogP contribution in [-0.2, 0) is 11.3 Å². The van der Waals surface area contributed by atoms with Crippen molar-refractivity contribution in [3.63, 3.8) is 0 Å². The van der Waals surface area contributed by atoms with Crippen molar-refractivity contribution in [1.29, 1.82) is 0 Å². The van der Waals surface area contributed by atoms with E-state index in [1.54, 1.807) is 12.1 Å². The molecule has 2 aromatic rings. The third-order valence-electron chi connectivity index (χ3n) is 9.84. The first-order chi connectivity index (χ1) is 19.3. The molecule has 6 rings (SSSR count).